The van der Waals surface area contributed by atoms with Gasteiger partial charge in [-0.05, 0) is 37.1 Å². The molecule has 9 heteroatoms. The first kappa shape index (κ1) is 21.9. The first-order valence-electron chi connectivity index (χ1n) is 10.5. The van der Waals surface area contributed by atoms with Crippen LogP contribution < -0.4 is 15.4 Å². The number of hydrogen-bond donors (Lipinski definition) is 2. The van der Waals surface area contributed by atoms with Crippen LogP contribution in [-0.4, -0.2) is 45.6 Å². The number of methoxy groups -OCH3 is 1. The number of rotatable bonds is 7. The minimum absolute atomic E-state index is 0.0428. The van der Waals surface area contributed by atoms with E-state index in [0.29, 0.717) is 11.0 Å². The highest BCUT2D eigenvalue weighted by Gasteiger charge is 2.20. The molecule has 1 heterocycles. The van der Waals surface area contributed by atoms with Crippen molar-refractivity contribution in [3.8, 4) is 22.8 Å². The van der Waals surface area contributed by atoms with Crippen molar-refractivity contribution in [2.45, 2.75) is 36.9 Å². The minimum atomic E-state index is -0.441. The third-order valence-corrected chi connectivity index (χ3v) is 6.20. The fourth-order valence-electron chi connectivity index (χ4n) is 3.69. The Hall–Kier alpha value is -3.33. The zero-order valence-electron chi connectivity index (χ0n) is 17.8. The summed E-state index contributed by atoms with van der Waals surface area (Å²) < 4.78 is 7.15. The molecule has 166 valence electrons. The average Bonchev–Trinajstić information content (AvgIpc) is 3.48. The molecule has 0 bridgehead atoms. The van der Waals surface area contributed by atoms with Crippen molar-refractivity contribution < 1.29 is 14.3 Å². The number of ether oxygens (including phenoxy) is 1. The summed E-state index contributed by atoms with van der Waals surface area (Å²) in [6.45, 7) is 0. The van der Waals surface area contributed by atoms with E-state index in [-0.39, 0.29) is 17.7 Å². The zero-order chi connectivity index (χ0) is 22.3. The first-order valence-corrected chi connectivity index (χ1v) is 11.5. The van der Waals surface area contributed by atoms with Crippen LogP contribution >= 0.6 is 11.8 Å². The Morgan fingerprint density at radius 2 is 1.78 bits per heavy atom. The second-order valence-corrected chi connectivity index (χ2v) is 8.44. The van der Waals surface area contributed by atoms with Crippen molar-refractivity contribution >= 4 is 23.7 Å². The van der Waals surface area contributed by atoms with Gasteiger partial charge in [0, 0.05) is 17.3 Å². The molecule has 1 aliphatic carbocycles. The molecule has 0 aliphatic heterocycles. The van der Waals surface area contributed by atoms with Crippen LogP contribution in [0.25, 0.3) is 17.1 Å². The summed E-state index contributed by atoms with van der Waals surface area (Å²) in [6, 6.07) is 17.0. The zero-order valence-corrected chi connectivity index (χ0v) is 18.6. The molecule has 1 saturated carbocycles. The SMILES string of the molecule is COc1ccc(-n2c(SCC(=O)NC(=O)NC3CCCC3)nnc2-c2ccccc2)cc1. The predicted octanol–water partition coefficient (Wildman–Crippen LogP) is 3.80. The molecular weight excluding hydrogens is 426 g/mol. The van der Waals surface area contributed by atoms with Gasteiger partial charge in [-0.15, -0.1) is 10.2 Å². The molecular formula is C23H25N5O3S. The van der Waals surface area contributed by atoms with Crippen LogP contribution in [0.5, 0.6) is 5.75 Å². The van der Waals surface area contributed by atoms with E-state index in [1.54, 1.807) is 7.11 Å². The lowest BCUT2D eigenvalue weighted by atomic mass is 10.2. The maximum Gasteiger partial charge on any atom is 0.321 e. The number of benzene rings is 2. The van der Waals surface area contributed by atoms with Gasteiger partial charge in [-0.3, -0.25) is 14.7 Å². The van der Waals surface area contributed by atoms with Crippen LogP contribution in [0.2, 0.25) is 0 Å². The number of hydrogen-bond acceptors (Lipinski definition) is 6. The second-order valence-electron chi connectivity index (χ2n) is 7.50. The van der Waals surface area contributed by atoms with Crippen molar-refractivity contribution in [2.24, 2.45) is 0 Å². The van der Waals surface area contributed by atoms with E-state index in [4.69, 9.17) is 4.74 Å². The van der Waals surface area contributed by atoms with Crippen molar-refractivity contribution in [1.29, 1.82) is 0 Å². The summed E-state index contributed by atoms with van der Waals surface area (Å²) in [7, 11) is 1.62. The Morgan fingerprint density at radius 1 is 1.06 bits per heavy atom. The van der Waals surface area contributed by atoms with Crippen LogP contribution in [0.15, 0.2) is 59.8 Å². The Kier molecular flexibility index (Phi) is 7.06. The normalized spacial score (nSPS) is 13.7. The van der Waals surface area contributed by atoms with Crippen molar-refractivity contribution in [3.63, 3.8) is 0 Å². The van der Waals surface area contributed by atoms with E-state index in [0.717, 1.165) is 42.7 Å². The van der Waals surface area contributed by atoms with Gasteiger partial charge in [0.2, 0.25) is 5.91 Å². The highest BCUT2D eigenvalue weighted by Crippen LogP contribution is 2.28. The largest absolute Gasteiger partial charge is 0.497 e. The maximum atomic E-state index is 12.3. The Morgan fingerprint density at radius 3 is 2.47 bits per heavy atom. The molecule has 8 nitrogen and oxygen atoms in total. The van der Waals surface area contributed by atoms with E-state index in [9.17, 15) is 9.59 Å². The smallest absolute Gasteiger partial charge is 0.321 e. The molecule has 2 aromatic carbocycles. The molecule has 0 atom stereocenters. The molecule has 1 aliphatic rings. The van der Waals surface area contributed by atoms with Gasteiger partial charge < -0.3 is 10.1 Å². The van der Waals surface area contributed by atoms with Gasteiger partial charge in [-0.25, -0.2) is 4.79 Å². The first-order chi connectivity index (χ1) is 15.6. The van der Waals surface area contributed by atoms with Crippen LogP contribution in [0.3, 0.4) is 0 Å². The van der Waals surface area contributed by atoms with Gasteiger partial charge >= 0.3 is 6.03 Å². The standard InChI is InChI=1S/C23H25N5O3S/c1-31-19-13-11-18(12-14-19)28-21(16-7-3-2-4-8-16)26-27-23(28)32-15-20(29)25-22(30)24-17-9-5-6-10-17/h2-4,7-8,11-14,17H,5-6,9-10,15H2,1H3,(H2,24,25,29,30). The van der Waals surface area contributed by atoms with Crippen LogP contribution in [0.4, 0.5) is 4.79 Å². The third-order valence-electron chi connectivity index (χ3n) is 5.27. The van der Waals surface area contributed by atoms with E-state index < -0.39 is 6.03 Å². The molecule has 32 heavy (non-hydrogen) atoms. The van der Waals surface area contributed by atoms with Crippen LogP contribution in [0.1, 0.15) is 25.7 Å². The van der Waals surface area contributed by atoms with E-state index in [1.807, 2.05) is 59.2 Å². The monoisotopic (exact) mass is 451 g/mol. The van der Waals surface area contributed by atoms with Gasteiger partial charge in [0.05, 0.1) is 12.9 Å². The van der Waals surface area contributed by atoms with Gasteiger partial charge in [0.25, 0.3) is 0 Å². The fraction of sp³-hybridized carbons (Fsp3) is 0.304. The fourth-order valence-corrected chi connectivity index (χ4v) is 4.44. The highest BCUT2D eigenvalue weighted by atomic mass is 32.2. The lowest BCUT2D eigenvalue weighted by Gasteiger charge is -2.13. The Balaban J connectivity index is 1.49. The molecule has 4 rings (SSSR count). The number of nitrogens with one attached hydrogen (secondary N) is 2. The highest BCUT2D eigenvalue weighted by molar-refractivity contribution is 7.99. The summed E-state index contributed by atoms with van der Waals surface area (Å²) in [5, 5.41) is 14.5. The van der Waals surface area contributed by atoms with Crippen LogP contribution in [0, 0.1) is 0 Å². The molecule has 3 aromatic rings. The molecule has 1 aromatic heterocycles. The molecule has 0 radical (unpaired) electrons. The number of aromatic nitrogens is 3. The number of nitrogens with zero attached hydrogens (tertiary/aromatic N) is 3. The Bertz CT molecular complexity index is 1060. The predicted molar refractivity (Wildman–Crippen MR) is 123 cm³/mol. The second kappa shape index (κ2) is 10.3. The summed E-state index contributed by atoms with van der Waals surface area (Å²) in [5.41, 5.74) is 1.75. The lowest BCUT2D eigenvalue weighted by molar-refractivity contribution is -0.117. The molecule has 0 unspecified atom stereocenters. The topological polar surface area (TPSA) is 98.1 Å². The van der Waals surface area contributed by atoms with Crippen molar-refractivity contribution in [3.05, 3.63) is 54.6 Å². The average molecular weight is 452 g/mol. The molecule has 0 spiro atoms. The molecule has 1 fully saturated rings. The molecule has 2 N–H and O–H groups in total. The number of carbonyl (C=O) groups is 2. The number of thioether (sulfide) groups is 1. The number of carbonyl (C=O) groups excluding carboxylic acids is 2. The van der Waals surface area contributed by atoms with Crippen molar-refractivity contribution in [1.82, 2.24) is 25.4 Å². The quantitative estimate of drug-likeness (QED) is 0.530. The lowest BCUT2D eigenvalue weighted by Crippen LogP contribution is -2.44. The van der Waals surface area contributed by atoms with Crippen molar-refractivity contribution in [2.75, 3.05) is 12.9 Å². The van der Waals surface area contributed by atoms with Gasteiger partial charge in [-0.2, -0.15) is 0 Å². The van der Waals surface area contributed by atoms with Crippen LogP contribution in [-0.2, 0) is 4.79 Å². The molecule has 3 amide bonds. The number of imide groups is 1. The van der Waals surface area contributed by atoms with E-state index >= 15 is 0 Å². The van der Waals surface area contributed by atoms with E-state index in [1.165, 1.54) is 11.8 Å². The van der Waals surface area contributed by atoms with Gasteiger partial charge in [0.15, 0.2) is 11.0 Å². The Labute approximate surface area is 190 Å². The number of urea groups is 1. The summed E-state index contributed by atoms with van der Waals surface area (Å²) in [6.07, 6.45) is 4.15. The van der Waals surface area contributed by atoms with Gasteiger partial charge in [0.1, 0.15) is 5.75 Å². The molecule has 0 saturated heterocycles. The summed E-state index contributed by atoms with van der Waals surface area (Å²) in [5.74, 6) is 1.07. The van der Waals surface area contributed by atoms with E-state index in [2.05, 4.69) is 20.8 Å². The third kappa shape index (κ3) is 5.28. The number of amides is 3. The minimum Gasteiger partial charge on any atom is -0.497 e. The maximum absolute atomic E-state index is 12.3. The van der Waals surface area contributed by atoms with Gasteiger partial charge in [-0.1, -0.05) is 54.9 Å². The summed E-state index contributed by atoms with van der Waals surface area (Å²) in [4.78, 5) is 24.4. The summed E-state index contributed by atoms with van der Waals surface area (Å²) >= 11 is 1.23.